The highest BCUT2D eigenvalue weighted by atomic mass is 35.5. The molecule has 0 unspecified atom stereocenters. The topological polar surface area (TPSA) is 95.7 Å². The van der Waals surface area contributed by atoms with E-state index < -0.39 is 31.8 Å². The lowest BCUT2D eigenvalue weighted by Gasteiger charge is -2.23. The quantitative estimate of drug-likeness (QED) is 0.582. The van der Waals surface area contributed by atoms with Gasteiger partial charge in [0.1, 0.15) is 7.85 Å². The smallest absolute Gasteiger partial charge is 0.306 e. The Balaban J connectivity index is 2.37. The number of carbonyl (C=O) groups is 1. The van der Waals surface area contributed by atoms with Gasteiger partial charge in [0, 0.05) is 5.02 Å². The van der Waals surface area contributed by atoms with E-state index in [1.54, 1.807) is 24.3 Å². The van der Waals surface area contributed by atoms with Gasteiger partial charge in [0.05, 0.1) is 4.65 Å². The Morgan fingerprint density at radius 2 is 1.83 bits per heavy atom. The summed E-state index contributed by atoms with van der Waals surface area (Å²) in [7, 11) is -1.10. The zero-order valence-corrected chi connectivity index (χ0v) is 14.8. The summed E-state index contributed by atoms with van der Waals surface area (Å²) in [6.45, 7) is 2.91. The molecule has 2 N–H and O–H groups in total. The summed E-state index contributed by atoms with van der Waals surface area (Å²) in [6.07, 6.45) is 0. The lowest BCUT2D eigenvalue weighted by Crippen LogP contribution is -2.38. The van der Waals surface area contributed by atoms with Gasteiger partial charge in [-0.25, -0.2) is 0 Å². The molecule has 0 radical (unpaired) electrons. The van der Waals surface area contributed by atoms with Crippen molar-refractivity contribution in [2.45, 2.75) is 24.0 Å². The van der Waals surface area contributed by atoms with Gasteiger partial charge < -0.3 is 14.7 Å². The fourth-order valence-electron chi connectivity index (χ4n) is 1.91. The van der Waals surface area contributed by atoms with Crippen LogP contribution in [0.2, 0.25) is 5.02 Å². The number of carbonyl (C=O) groups excluding carboxylic acids is 1. The number of ether oxygens (including phenoxy) is 1. The minimum absolute atomic E-state index is 0.361. The van der Waals surface area contributed by atoms with Gasteiger partial charge in [-0.2, -0.15) is 8.42 Å². The van der Waals surface area contributed by atoms with Crippen LogP contribution in [0.4, 0.5) is 0 Å². The Bertz CT molecular complexity index is 786. The van der Waals surface area contributed by atoms with Gasteiger partial charge >= 0.3 is 10.1 Å². The molecule has 0 fully saturated rings. The van der Waals surface area contributed by atoms with Crippen LogP contribution in [0.3, 0.4) is 0 Å². The van der Waals surface area contributed by atoms with E-state index in [0.29, 0.717) is 10.6 Å². The van der Waals surface area contributed by atoms with Crippen LogP contribution < -0.4 is 5.73 Å². The zero-order valence-electron chi connectivity index (χ0n) is 13.2. The first-order chi connectivity index (χ1) is 10.4. The van der Waals surface area contributed by atoms with Gasteiger partial charge in [-0.3, -0.25) is 4.79 Å². The summed E-state index contributed by atoms with van der Waals surface area (Å²) >= 11 is 5.83. The van der Waals surface area contributed by atoms with E-state index in [2.05, 4.69) is 0 Å². The van der Waals surface area contributed by atoms with Crippen LogP contribution in [0.1, 0.15) is 19.4 Å². The van der Waals surface area contributed by atoms with Crippen molar-refractivity contribution in [3.63, 3.8) is 0 Å². The van der Waals surface area contributed by atoms with E-state index in [1.165, 1.54) is 29.5 Å². The molecule has 10 heteroatoms. The van der Waals surface area contributed by atoms with Gasteiger partial charge in [0.2, 0.25) is 17.4 Å². The van der Waals surface area contributed by atoms with Crippen molar-refractivity contribution < 1.29 is 22.1 Å². The molecule has 0 saturated heterocycles. The largest absolute Gasteiger partial charge is 0.467 e. The maximum Gasteiger partial charge on any atom is 0.306 e. The average molecular weight is 355 g/mol. The van der Waals surface area contributed by atoms with E-state index in [9.17, 15) is 13.2 Å². The molecule has 0 amide bonds. The molecule has 0 aliphatic carbocycles. The van der Waals surface area contributed by atoms with Crippen molar-refractivity contribution in [2.24, 2.45) is 5.73 Å². The normalized spacial score (nSPS) is 22.1. The van der Waals surface area contributed by atoms with Crippen LogP contribution in [-0.2, 0) is 29.3 Å². The first-order valence-corrected chi connectivity index (χ1v) is 8.61. The van der Waals surface area contributed by atoms with Crippen molar-refractivity contribution in [1.29, 1.82) is 0 Å². The maximum atomic E-state index is 12.6. The third-order valence-electron chi connectivity index (χ3n) is 3.52. The Kier molecular flexibility index (Phi) is 4.24. The summed E-state index contributed by atoms with van der Waals surface area (Å²) < 4.78 is 33.5. The van der Waals surface area contributed by atoms with Crippen molar-refractivity contribution in [3.8, 4) is 0 Å². The van der Waals surface area contributed by atoms with Crippen molar-refractivity contribution >= 4 is 43.2 Å². The number of halogens is 1. The highest BCUT2D eigenvalue weighted by Crippen LogP contribution is 2.37. The minimum atomic E-state index is -4.05. The second-order valence-electron chi connectivity index (χ2n) is 6.31. The van der Waals surface area contributed by atoms with Gasteiger partial charge in [0.15, 0.2) is 13.3 Å². The second kappa shape index (κ2) is 5.49. The Morgan fingerprint density at radius 3 is 2.30 bits per heavy atom. The summed E-state index contributed by atoms with van der Waals surface area (Å²) in [5.74, 6) is -1.53. The first kappa shape index (κ1) is 17.7. The highest BCUT2D eigenvalue weighted by Gasteiger charge is 2.50. The van der Waals surface area contributed by atoms with E-state index in [0.717, 1.165) is 0 Å². The van der Waals surface area contributed by atoms with Crippen molar-refractivity contribution in [3.05, 3.63) is 46.5 Å². The van der Waals surface area contributed by atoms with Crippen LogP contribution in [-0.4, -0.2) is 34.5 Å². The molecule has 0 saturated carbocycles. The van der Waals surface area contributed by atoms with Crippen LogP contribution in [0.5, 0.6) is 0 Å². The van der Waals surface area contributed by atoms with Crippen LogP contribution in [0, 0.1) is 0 Å². The molecule has 6 nitrogen and oxygen atoms in total. The number of nitrogens with two attached hydrogens (primary N) is 1. The molecule has 1 atom stereocenters. The molecule has 1 aliphatic heterocycles. The predicted molar refractivity (Wildman–Crippen MR) is 91.6 cm³/mol. The molecule has 1 aliphatic rings. The Morgan fingerprint density at radius 1 is 1.30 bits per heavy atom. The number of hydrogen-bond acceptors (Lipinski definition) is 6. The predicted octanol–water partition coefficient (Wildman–Crippen LogP) is -0.431. The maximum absolute atomic E-state index is 12.6. The lowest BCUT2D eigenvalue weighted by atomic mass is 9.73. The fourth-order valence-corrected chi connectivity index (χ4v) is 2.67. The molecule has 0 bridgehead atoms. The van der Waals surface area contributed by atoms with Crippen LogP contribution >= 0.6 is 11.6 Å². The Hall–Kier alpha value is -1.60. The number of Topliss-reactive ketones (excluding diaryl/α,β-unsaturated/α-hetero) is 1. The number of benzene rings is 1. The zero-order chi connectivity index (χ0) is 17.6. The van der Waals surface area contributed by atoms with E-state index in [-0.39, 0.29) is 5.88 Å². The molecule has 1 heterocycles. The SMILES string of the molecule is BC(C)(C)S(=O)(=O)OC1=C(N)O[C@](B)(c2ccc(Cl)cc2)C1=O. The monoisotopic (exact) mass is 355 g/mol. The molecule has 23 heavy (non-hydrogen) atoms. The average Bonchev–Trinajstić information content (AvgIpc) is 2.62. The highest BCUT2D eigenvalue weighted by molar-refractivity contribution is 7.89. The summed E-state index contributed by atoms with van der Waals surface area (Å²) in [5, 5.41) is 0.496. The molecular weight excluding hydrogens is 339 g/mol. The lowest BCUT2D eigenvalue weighted by molar-refractivity contribution is -0.126. The molecule has 0 spiro atoms. The second-order valence-corrected chi connectivity index (χ2v) is 9.05. The minimum Gasteiger partial charge on any atom is -0.467 e. The van der Waals surface area contributed by atoms with E-state index >= 15 is 0 Å². The van der Waals surface area contributed by atoms with E-state index in [1.807, 2.05) is 0 Å². The number of rotatable bonds is 4. The van der Waals surface area contributed by atoms with Crippen LogP contribution in [0.25, 0.3) is 0 Å². The Labute approximate surface area is 141 Å². The first-order valence-electron chi connectivity index (χ1n) is 6.82. The van der Waals surface area contributed by atoms with E-state index in [4.69, 9.17) is 26.3 Å². The van der Waals surface area contributed by atoms with Crippen molar-refractivity contribution in [2.75, 3.05) is 0 Å². The fraction of sp³-hybridized carbons (Fsp3) is 0.308. The standard InChI is InChI=1S/C13H16B2ClNO5S/c1-12(2,14)23(19,20)22-9-10(18)13(15,21-11(9)17)7-3-5-8(16)6-4-7/h3-6H,14-15,17H2,1-2H3/t13-/m1/s1. The molecular formula is C13H16B2ClNO5S. The third-order valence-corrected chi connectivity index (χ3v) is 5.65. The van der Waals surface area contributed by atoms with Gasteiger partial charge in [-0.15, -0.1) is 0 Å². The van der Waals surface area contributed by atoms with Gasteiger partial charge in [-0.1, -0.05) is 37.6 Å². The summed E-state index contributed by atoms with van der Waals surface area (Å²) in [5.41, 5.74) is 4.71. The van der Waals surface area contributed by atoms with Gasteiger partial charge in [-0.05, 0) is 17.7 Å². The van der Waals surface area contributed by atoms with Gasteiger partial charge in [0.25, 0.3) is 0 Å². The molecule has 1 aromatic rings. The number of hydrogen-bond donors (Lipinski definition) is 1. The molecule has 1 aromatic carbocycles. The van der Waals surface area contributed by atoms with Crippen LogP contribution in [0.15, 0.2) is 35.9 Å². The molecule has 2 rings (SSSR count). The molecule has 0 aromatic heterocycles. The summed E-state index contributed by atoms with van der Waals surface area (Å²) in [4.78, 5) is 12.6. The summed E-state index contributed by atoms with van der Waals surface area (Å²) in [6, 6.07) is 6.41. The molecule has 122 valence electrons. The third kappa shape index (κ3) is 3.07. The van der Waals surface area contributed by atoms with Crippen molar-refractivity contribution in [1.82, 2.24) is 0 Å². The number of ketones is 1.